The van der Waals surface area contributed by atoms with Gasteiger partial charge in [0.2, 0.25) is 5.91 Å². The van der Waals surface area contributed by atoms with Crippen LogP contribution >= 0.6 is 0 Å². The Hall–Kier alpha value is -2.12. The van der Waals surface area contributed by atoms with Crippen LogP contribution in [0.15, 0.2) is 24.3 Å². The molecular formula is C29H44N2O5. The number of hydrogen-bond donors (Lipinski definition) is 2. The van der Waals surface area contributed by atoms with Crippen LogP contribution in [0, 0.1) is 29.1 Å². The van der Waals surface area contributed by atoms with E-state index >= 15 is 0 Å². The normalized spacial score (nSPS) is 35.1. The van der Waals surface area contributed by atoms with Crippen molar-refractivity contribution in [3.8, 4) is 5.75 Å². The molecule has 0 aromatic heterocycles. The lowest BCUT2D eigenvalue weighted by molar-refractivity contribution is -0.151. The van der Waals surface area contributed by atoms with Crippen molar-refractivity contribution in [2.75, 3.05) is 27.4 Å². The first-order chi connectivity index (χ1) is 17.2. The zero-order valence-corrected chi connectivity index (χ0v) is 22.5. The number of benzene rings is 1. The van der Waals surface area contributed by atoms with Crippen LogP contribution in [0.5, 0.6) is 5.75 Å². The van der Waals surface area contributed by atoms with Gasteiger partial charge in [-0.15, -0.1) is 0 Å². The molecule has 1 saturated heterocycles. The van der Waals surface area contributed by atoms with E-state index in [1.165, 1.54) is 0 Å². The van der Waals surface area contributed by atoms with Gasteiger partial charge in [0.25, 0.3) is 5.91 Å². The van der Waals surface area contributed by atoms with Crippen LogP contribution in [0.25, 0.3) is 0 Å². The number of rotatable bonds is 7. The highest BCUT2D eigenvalue weighted by atomic mass is 16.5. The van der Waals surface area contributed by atoms with Crippen molar-refractivity contribution in [3.63, 3.8) is 0 Å². The number of methoxy groups -OCH3 is 2. The van der Waals surface area contributed by atoms with Crippen molar-refractivity contribution in [1.29, 1.82) is 0 Å². The molecule has 1 heterocycles. The summed E-state index contributed by atoms with van der Waals surface area (Å²) >= 11 is 0. The molecule has 1 aromatic rings. The van der Waals surface area contributed by atoms with E-state index in [9.17, 15) is 14.7 Å². The molecule has 0 unspecified atom stereocenters. The zero-order valence-electron chi connectivity index (χ0n) is 22.5. The van der Waals surface area contributed by atoms with Gasteiger partial charge >= 0.3 is 0 Å². The van der Waals surface area contributed by atoms with Gasteiger partial charge in [0.05, 0.1) is 25.9 Å². The largest absolute Gasteiger partial charge is 0.497 e. The highest BCUT2D eigenvalue weighted by Gasteiger charge is 2.54. The standard InChI is InChI=1S/C29H44N2O5/c1-18(28(34)31-16-6-7-21(31)17-35-4)23-12-14-29(3)15-13-24(19(2)25(29)26(23)32)30-27(33)20-8-10-22(36-5)11-9-20/h8-11,18-19,21,23-26,32H,6-7,12-17H2,1-5H3,(H,30,33)/t18-,19+,21+,23+,24-,25+,26-,29-/m0/s1. The molecule has 2 aliphatic carbocycles. The molecule has 2 N–H and O–H groups in total. The molecule has 0 bridgehead atoms. The fourth-order valence-corrected chi connectivity index (χ4v) is 7.43. The number of fused-ring (bicyclic) bond motifs is 1. The van der Waals surface area contributed by atoms with Gasteiger partial charge in [-0.25, -0.2) is 0 Å². The minimum Gasteiger partial charge on any atom is -0.497 e. The fraction of sp³-hybridized carbons (Fsp3) is 0.724. The van der Waals surface area contributed by atoms with Gasteiger partial charge in [-0.1, -0.05) is 20.8 Å². The number of hydrogen-bond acceptors (Lipinski definition) is 5. The van der Waals surface area contributed by atoms with Gasteiger partial charge in [-0.2, -0.15) is 0 Å². The lowest BCUT2D eigenvalue weighted by atomic mass is 9.51. The average Bonchev–Trinajstić information content (AvgIpc) is 3.33. The van der Waals surface area contributed by atoms with Gasteiger partial charge in [0.15, 0.2) is 0 Å². The summed E-state index contributed by atoms with van der Waals surface area (Å²) in [5.74, 6) is 0.614. The Bertz CT molecular complexity index is 921. The molecule has 3 aliphatic rings. The molecule has 0 radical (unpaired) electrons. The molecule has 7 nitrogen and oxygen atoms in total. The molecule has 0 spiro atoms. The van der Waals surface area contributed by atoms with Gasteiger partial charge < -0.3 is 24.8 Å². The van der Waals surface area contributed by atoms with Crippen molar-refractivity contribution in [1.82, 2.24) is 10.2 Å². The number of carbonyl (C=O) groups excluding carboxylic acids is 2. The maximum Gasteiger partial charge on any atom is 0.251 e. The summed E-state index contributed by atoms with van der Waals surface area (Å²) in [7, 11) is 3.29. The molecular weight excluding hydrogens is 456 g/mol. The van der Waals surface area contributed by atoms with Gasteiger partial charge in [-0.3, -0.25) is 9.59 Å². The van der Waals surface area contributed by atoms with E-state index in [1.54, 1.807) is 38.5 Å². The molecule has 8 atom stereocenters. The third kappa shape index (κ3) is 5.14. The first kappa shape index (κ1) is 26.9. The van der Waals surface area contributed by atoms with Crippen LogP contribution in [0.1, 0.15) is 69.7 Å². The molecule has 4 rings (SSSR count). The van der Waals surface area contributed by atoms with Gasteiger partial charge in [0.1, 0.15) is 5.75 Å². The minimum atomic E-state index is -0.568. The Morgan fingerprint density at radius 2 is 1.86 bits per heavy atom. The second-order valence-electron chi connectivity index (χ2n) is 11.7. The summed E-state index contributed by atoms with van der Waals surface area (Å²) in [6.07, 6.45) is 5.14. The Balaban J connectivity index is 1.45. The SMILES string of the molecule is COC[C@H]1CCCN1C(=O)[C@@H](C)[C@H]1CC[C@@]2(C)CC[C@H](NC(=O)c3ccc(OC)cc3)[C@@H](C)[C@@H]2[C@H]1O. The molecule has 7 heteroatoms. The van der Waals surface area contributed by atoms with Crippen molar-refractivity contribution in [2.45, 2.75) is 77.5 Å². The van der Waals surface area contributed by atoms with Crippen molar-refractivity contribution < 1.29 is 24.2 Å². The lowest BCUT2D eigenvalue weighted by Crippen LogP contribution is -2.58. The molecule has 2 amide bonds. The Morgan fingerprint density at radius 3 is 2.53 bits per heavy atom. The molecule has 1 aromatic carbocycles. The first-order valence-corrected chi connectivity index (χ1v) is 13.6. The lowest BCUT2D eigenvalue weighted by Gasteiger charge is -2.56. The molecule has 2 saturated carbocycles. The summed E-state index contributed by atoms with van der Waals surface area (Å²) in [6, 6.07) is 7.27. The van der Waals surface area contributed by atoms with Crippen molar-refractivity contribution in [2.24, 2.45) is 29.1 Å². The van der Waals surface area contributed by atoms with Crippen LogP contribution in [0.4, 0.5) is 0 Å². The van der Waals surface area contributed by atoms with Gasteiger partial charge in [-0.05, 0) is 86.0 Å². The highest BCUT2D eigenvalue weighted by molar-refractivity contribution is 5.94. The van der Waals surface area contributed by atoms with Crippen LogP contribution in [0.2, 0.25) is 0 Å². The third-order valence-electron chi connectivity index (χ3n) is 9.61. The number of nitrogens with zero attached hydrogens (tertiary/aromatic N) is 1. The minimum absolute atomic E-state index is 0.0123. The van der Waals surface area contributed by atoms with Crippen LogP contribution < -0.4 is 10.1 Å². The monoisotopic (exact) mass is 500 g/mol. The van der Waals surface area contributed by atoms with E-state index in [-0.39, 0.29) is 53.0 Å². The second-order valence-corrected chi connectivity index (χ2v) is 11.7. The number of carbonyl (C=O) groups is 2. The number of nitrogens with one attached hydrogen (secondary N) is 1. The molecule has 1 aliphatic heterocycles. The van der Waals surface area contributed by atoms with E-state index in [4.69, 9.17) is 9.47 Å². The summed E-state index contributed by atoms with van der Waals surface area (Å²) in [4.78, 5) is 28.5. The smallest absolute Gasteiger partial charge is 0.251 e. The Kier molecular flexibility index (Phi) is 8.30. The fourth-order valence-electron chi connectivity index (χ4n) is 7.43. The average molecular weight is 501 g/mol. The van der Waals surface area contributed by atoms with Crippen molar-refractivity contribution >= 4 is 11.8 Å². The van der Waals surface area contributed by atoms with E-state index in [0.717, 1.165) is 50.8 Å². The summed E-state index contributed by atoms with van der Waals surface area (Å²) in [5, 5.41) is 15.0. The zero-order chi connectivity index (χ0) is 26.0. The maximum absolute atomic E-state index is 13.5. The predicted octanol–water partition coefficient (Wildman–Crippen LogP) is 3.89. The predicted molar refractivity (Wildman–Crippen MR) is 139 cm³/mol. The number of amides is 2. The summed E-state index contributed by atoms with van der Waals surface area (Å²) in [5.41, 5.74) is 0.625. The number of aliphatic hydroxyl groups is 1. The van der Waals surface area contributed by atoms with E-state index in [2.05, 4.69) is 19.2 Å². The maximum atomic E-state index is 13.5. The molecule has 200 valence electrons. The Labute approximate surface area is 215 Å². The first-order valence-electron chi connectivity index (χ1n) is 13.6. The summed E-state index contributed by atoms with van der Waals surface area (Å²) < 4.78 is 10.6. The number of aliphatic hydroxyl groups excluding tert-OH is 1. The highest BCUT2D eigenvalue weighted by Crippen LogP contribution is 2.55. The van der Waals surface area contributed by atoms with Crippen LogP contribution in [-0.4, -0.2) is 67.4 Å². The second kappa shape index (κ2) is 11.1. The number of ether oxygens (including phenoxy) is 2. The Morgan fingerprint density at radius 1 is 1.17 bits per heavy atom. The quantitative estimate of drug-likeness (QED) is 0.593. The van der Waals surface area contributed by atoms with Gasteiger partial charge in [0, 0.05) is 31.2 Å². The number of likely N-dealkylation sites (tertiary alicyclic amines) is 1. The molecule has 3 fully saturated rings. The van der Waals surface area contributed by atoms with E-state index in [0.29, 0.717) is 12.2 Å². The topological polar surface area (TPSA) is 88.1 Å². The van der Waals surface area contributed by atoms with Crippen molar-refractivity contribution in [3.05, 3.63) is 29.8 Å². The molecule has 36 heavy (non-hydrogen) atoms. The summed E-state index contributed by atoms with van der Waals surface area (Å²) in [6.45, 7) is 7.79. The van der Waals surface area contributed by atoms with E-state index in [1.807, 2.05) is 11.8 Å². The van der Waals surface area contributed by atoms with Crippen LogP contribution in [0.3, 0.4) is 0 Å². The third-order valence-corrected chi connectivity index (χ3v) is 9.61. The van der Waals surface area contributed by atoms with E-state index < -0.39 is 6.10 Å². The van der Waals surface area contributed by atoms with Crippen LogP contribution in [-0.2, 0) is 9.53 Å².